The third kappa shape index (κ3) is 2.22. The smallest absolute Gasteiger partial charge is 0.238 e. The second-order valence-electron chi connectivity index (χ2n) is 4.59. The summed E-state index contributed by atoms with van der Waals surface area (Å²) in [6.07, 6.45) is 2.33. The molecule has 0 aliphatic heterocycles. The zero-order valence-corrected chi connectivity index (χ0v) is 10.2. The summed E-state index contributed by atoms with van der Waals surface area (Å²) in [4.78, 5) is 15.9. The molecular weight excluding hydrogens is 230 g/mol. The quantitative estimate of drug-likeness (QED) is 0.862. The Balaban J connectivity index is 1.83. The fraction of sp³-hybridized carbons (Fsp3) is 0.385. The lowest BCUT2D eigenvalue weighted by Crippen LogP contribution is -2.24. The maximum absolute atomic E-state index is 11.5. The van der Waals surface area contributed by atoms with Crippen LogP contribution >= 0.6 is 0 Å². The summed E-state index contributed by atoms with van der Waals surface area (Å²) < 4.78 is 5.70. The van der Waals surface area contributed by atoms with Gasteiger partial charge in [-0.05, 0) is 32.0 Å². The van der Waals surface area contributed by atoms with Gasteiger partial charge in [-0.1, -0.05) is 0 Å². The minimum atomic E-state index is -0.0706. The molecule has 1 fully saturated rings. The molecule has 5 nitrogen and oxygen atoms in total. The molecule has 1 saturated carbocycles. The zero-order valence-electron chi connectivity index (χ0n) is 10.2. The van der Waals surface area contributed by atoms with Crippen molar-refractivity contribution in [3.8, 4) is 0 Å². The molecular formula is C13H15N3O2. The van der Waals surface area contributed by atoms with E-state index in [1.165, 1.54) is 12.8 Å². The Morgan fingerprint density at radius 1 is 1.50 bits per heavy atom. The van der Waals surface area contributed by atoms with Crippen molar-refractivity contribution in [2.24, 2.45) is 0 Å². The standard InChI is InChI=1S/C13H15N3O2/c1-14-7-12(17)15-9-4-5-10-11(6-9)18-13(16-10)8-2-3-8/h4-6,8,14H,2-3,7H2,1H3,(H,15,17). The number of carbonyl (C=O) groups is 1. The molecule has 94 valence electrons. The van der Waals surface area contributed by atoms with Gasteiger partial charge in [0, 0.05) is 17.7 Å². The molecule has 1 heterocycles. The number of nitrogens with zero attached hydrogens (tertiary/aromatic N) is 1. The molecule has 0 spiro atoms. The Bertz CT molecular complexity index is 587. The van der Waals surface area contributed by atoms with E-state index in [9.17, 15) is 4.79 Å². The highest BCUT2D eigenvalue weighted by Gasteiger charge is 2.28. The lowest BCUT2D eigenvalue weighted by Gasteiger charge is -2.03. The van der Waals surface area contributed by atoms with E-state index in [-0.39, 0.29) is 5.91 Å². The van der Waals surface area contributed by atoms with E-state index in [0.717, 1.165) is 22.7 Å². The van der Waals surface area contributed by atoms with Crippen LogP contribution in [-0.2, 0) is 4.79 Å². The molecule has 18 heavy (non-hydrogen) atoms. The Hall–Kier alpha value is -1.88. The van der Waals surface area contributed by atoms with E-state index in [2.05, 4.69) is 15.6 Å². The highest BCUT2D eigenvalue weighted by Crippen LogP contribution is 2.40. The minimum Gasteiger partial charge on any atom is -0.440 e. The molecule has 0 unspecified atom stereocenters. The molecule has 1 aliphatic rings. The first kappa shape index (κ1) is 11.2. The highest BCUT2D eigenvalue weighted by molar-refractivity contribution is 5.93. The predicted octanol–water partition coefficient (Wildman–Crippen LogP) is 1.86. The fourth-order valence-corrected chi connectivity index (χ4v) is 1.89. The molecule has 1 aliphatic carbocycles. The van der Waals surface area contributed by atoms with Crippen LogP contribution in [0.15, 0.2) is 22.6 Å². The third-order valence-corrected chi connectivity index (χ3v) is 2.95. The summed E-state index contributed by atoms with van der Waals surface area (Å²) in [7, 11) is 1.74. The molecule has 1 aromatic carbocycles. The van der Waals surface area contributed by atoms with Gasteiger partial charge < -0.3 is 15.1 Å². The maximum Gasteiger partial charge on any atom is 0.238 e. The second kappa shape index (κ2) is 4.42. The van der Waals surface area contributed by atoms with E-state index in [1.807, 2.05) is 18.2 Å². The monoisotopic (exact) mass is 245 g/mol. The van der Waals surface area contributed by atoms with E-state index in [4.69, 9.17) is 4.42 Å². The van der Waals surface area contributed by atoms with E-state index in [0.29, 0.717) is 12.5 Å². The average Bonchev–Trinajstić information content (AvgIpc) is 3.10. The number of amides is 1. The molecule has 0 saturated heterocycles. The number of oxazole rings is 1. The first-order valence-electron chi connectivity index (χ1n) is 6.11. The molecule has 0 radical (unpaired) electrons. The van der Waals surface area contributed by atoms with Gasteiger partial charge in [0.05, 0.1) is 6.54 Å². The van der Waals surface area contributed by atoms with Gasteiger partial charge in [0.15, 0.2) is 11.5 Å². The molecule has 2 aromatic rings. The molecule has 0 bridgehead atoms. The van der Waals surface area contributed by atoms with Gasteiger partial charge in [-0.2, -0.15) is 0 Å². The number of aromatic nitrogens is 1. The molecule has 5 heteroatoms. The topological polar surface area (TPSA) is 67.2 Å². The summed E-state index contributed by atoms with van der Waals surface area (Å²) in [5.74, 6) is 1.25. The Morgan fingerprint density at radius 3 is 3.06 bits per heavy atom. The molecule has 3 rings (SSSR count). The van der Waals surface area contributed by atoms with Gasteiger partial charge in [-0.25, -0.2) is 4.98 Å². The van der Waals surface area contributed by atoms with Crippen LogP contribution < -0.4 is 10.6 Å². The van der Waals surface area contributed by atoms with Crippen molar-refractivity contribution < 1.29 is 9.21 Å². The number of hydrogen-bond donors (Lipinski definition) is 2. The number of nitrogens with one attached hydrogen (secondary N) is 2. The Morgan fingerprint density at radius 2 is 2.33 bits per heavy atom. The summed E-state index contributed by atoms with van der Waals surface area (Å²) in [6.45, 7) is 0.293. The number of anilines is 1. The fourth-order valence-electron chi connectivity index (χ4n) is 1.89. The average molecular weight is 245 g/mol. The van der Waals surface area contributed by atoms with Crippen molar-refractivity contribution in [1.29, 1.82) is 0 Å². The number of rotatable bonds is 4. The van der Waals surface area contributed by atoms with Gasteiger partial charge in [0.2, 0.25) is 5.91 Å². The first-order valence-corrected chi connectivity index (χ1v) is 6.11. The normalized spacial score (nSPS) is 14.9. The number of benzene rings is 1. The molecule has 1 aromatic heterocycles. The Kier molecular flexibility index (Phi) is 2.76. The van der Waals surface area contributed by atoms with Gasteiger partial charge >= 0.3 is 0 Å². The van der Waals surface area contributed by atoms with Crippen molar-refractivity contribution in [1.82, 2.24) is 10.3 Å². The molecule has 0 atom stereocenters. The van der Waals surface area contributed by atoms with Crippen molar-refractivity contribution >= 4 is 22.7 Å². The summed E-state index contributed by atoms with van der Waals surface area (Å²) in [5.41, 5.74) is 2.32. The van der Waals surface area contributed by atoms with Gasteiger partial charge in [-0.15, -0.1) is 0 Å². The summed E-state index contributed by atoms with van der Waals surface area (Å²) in [5, 5.41) is 5.60. The maximum atomic E-state index is 11.5. The van der Waals surface area contributed by atoms with E-state index < -0.39 is 0 Å². The van der Waals surface area contributed by atoms with Crippen molar-refractivity contribution in [2.75, 3.05) is 18.9 Å². The Labute approximate surface area is 105 Å². The lowest BCUT2D eigenvalue weighted by atomic mass is 10.3. The van der Waals surface area contributed by atoms with Gasteiger partial charge in [0.1, 0.15) is 5.52 Å². The van der Waals surface area contributed by atoms with E-state index >= 15 is 0 Å². The minimum absolute atomic E-state index is 0.0706. The van der Waals surface area contributed by atoms with Gasteiger partial charge in [-0.3, -0.25) is 4.79 Å². The van der Waals surface area contributed by atoms with Crippen LogP contribution in [0.25, 0.3) is 11.1 Å². The van der Waals surface area contributed by atoms with Crippen molar-refractivity contribution in [2.45, 2.75) is 18.8 Å². The van der Waals surface area contributed by atoms with E-state index in [1.54, 1.807) is 7.05 Å². The number of fused-ring (bicyclic) bond motifs is 1. The molecule has 1 amide bonds. The van der Waals surface area contributed by atoms with Crippen LogP contribution in [0.1, 0.15) is 24.7 Å². The van der Waals surface area contributed by atoms with Gasteiger partial charge in [0.25, 0.3) is 0 Å². The molecule has 2 N–H and O–H groups in total. The summed E-state index contributed by atoms with van der Waals surface area (Å²) in [6, 6.07) is 5.54. The number of likely N-dealkylation sites (N-methyl/N-ethyl adjacent to an activating group) is 1. The number of hydrogen-bond acceptors (Lipinski definition) is 4. The van der Waals surface area contributed by atoms with Crippen LogP contribution in [0, 0.1) is 0 Å². The van der Waals surface area contributed by atoms with Crippen LogP contribution in [0.2, 0.25) is 0 Å². The third-order valence-electron chi connectivity index (χ3n) is 2.95. The van der Waals surface area contributed by atoms with Crippen molar-refractivity contribution in [3.63, 3.8) is 0 Å². The van der Waals surface area contributed by atoms with Crippen molar-refractivity contribution in [3.05, 3.63) is 24.1 Å². The SMILES string of the molecule is CNCC(=O)Nc1ccc2nc(C3CC3)oc2c1. The number of carbonyl (C=O) groups excluding carboxylic acids is 1. The highest BCUT2D eigenvalue weighted by atomic mass is 16.3. The predicted molar refractivity (Wildman–Crippen MR) is 68.5 cm³/mol. The van der Waals surface area contributed by atoms with Crippen LogP contribution in [0.3, 0.4) is 0 Å². The first-order chi connectivity index (χ1) is 8.76. The largest absolute Gasteiger partial charge is 0.440 e. The van der Waals surface area contributed by atoms with Crippen LogP contribution in [0.5, 0.6) is 0 Å². The van der Waals surface area contributed by atoms with Crippen LogP contribution in [0.4, 0.5) is 5.69 Å². The second-order valence-corrected chi connectivity index (χ2v) is 4.59. The lowest BCUT2D eigenvalue weighted by molar-refractivity contribution is -0.115. The van der Waals surface area contributed by atoms with Crippen LogP contribution in [-0.4, -0.2) is 24.5 Å². The zero-order chi connectivity index (χ0) is 12.5. The summed E-state index contributed by atoms with van der Waals surface area (Å²) >= 11 is 0.